The molecule has 1 aromatic rings. The zero-order chi connectivity index (χ0) is 11.0. The maximum atomic E-state index is 11.3. The molecule has 1 aliphatic rings. The van der Waals surface area contributed by atoms with E-state index >= 15 is 0 Å². The second-order valence-electron chi connectivity index (χ2n) is 2.93. The Labute approximate surface area is 85.5 Å². The van der Waals surface area contributed by atoms with Gasteiger partial charge in [0, 0.05) is 6.07 Å². The third kappa shape index (κ3) is 1.32. The zero-order valence-electron chi connectivity index (χ0n) is 8.20. The van der Waals surface area contributed by atoms with Crippen molar-refractivity contribution in [3.63, 3.8) is 0 Å². The molecular formula is C10H8O5. The first kappa shape index (κ1) is 9.51. The lowest BCUT2D eigenvalue weighted by atomic mass is 10.1. The first-order valence-corrected chi connectivity index (χ1v) is 4.20. The van der Waals surface area contributed by atoms with Crippen molar-refractivity contribution in [1.82, 2.24) is 0 Å². The fourth-order valence-electron chi connectivity index (χ4n) is 1.43. The van der Waals surface area contributed by atoms with Gasteiger partial charge in [0.15, 0.2) is 0 Å². The maximum Gasteiger partial charge on any atom is 0.350 e. The standard InChI is InChI=1S/C10H8O5/c1-13-5-3-6-8(7(4-5)14-2)10(12)15-9(6)11/h3-4H,1-2H3. The minimum atomic E-state index is -0.686. The summed E-state index contributed by atoms with van der Waals surface area (Å²) in [5, 5.41) is 0. The molecule has 0 bridgehead atoms. The van der Waals surface area contributed by atoms with Gasteiger partial charge in [-0.1, -0.05) is 0 Å². The van der Waals surface area contributed by atoms with Crippen molar-refractivity contribution < 1.29 is 23.8 Å². The zero-order valence-corrected chi connectivity index (χ0v) is 8.20. The van der Waals surface area contributed by atoms with E-state index in [0.717, 1.165) is 0 Å². The molecule has 2 rings (SSSR count). The monoisotopic (exact) mass is 208 g/mol. The lowest BCUT2D eigenvalue weighted by Crippen LogP contribution is -1.99. The molecule has 1 heterocycles. The number of cyclic esters (lactones) is 2. The molecule has 0 N–H and O–H groups in total. The van der Waals surface area contributed by atoms with E-state index in [9.17, 15) is 9.59 Å². The molecule has 0 unspecified atom stereocenters. The van der Waals surface area contributed by atoms with E-state index in [0.29, 0.717) is 5.75 Å². The number of hydrogen-bond donors (Lipinski definition) is 0. The second kappa shape index (κ2) is 3.27. The largest absolute Gasteiger partial charge is 0.497 e. The van der Waals surface area contributed by atoms with Crippen molar-refractivity contribution in [3.05, 3.63) is 23.3 Å². The third-order valence-electron chi connectivity index (χ3n) is 2.14. The smallest absolute Gasteiger partial charge is 0.350 e. The van der Waals surface area contributed by atoms with E-state index in [-0.39, 0.29) is 16.9 Å². The van der Waals surface area contributed by atoms with Crippen LogP contribution in [0, 0.1) is 0 Å². The molecule has 5 heteroatoms. The fourth-order valence-corrected chi connectivity index (χ4v) is 1.43. The average molecular weight is 208 g/mol. The van der Waals surface area contributed by atoms with Gasteiger partial charge in [-0.2, -0.15) is 0 Å². The van der Waals surface area contributed by atoms with Crippen LogP contribution in [0.25, 0.3) is 0 Å². The van der Waals surface area contributed by atoms with Gasteiger partial charge >= 0.3 is 11.9 Å². The molecule has 0 atom stereocenters. The van der Waals surface area contributed by atoms with Crippen LogP contribution in [-0.4, -0.2) is 26.2 Å². The summed E-state index contributed by atoms with van der Waals surface area (Å²) in [5.41, 5.74) is 0.333. The van der Waals surface area contributed by atoms with Crippen LogP contribution in [0.15, 0.2) is 12.1 Å². The van der Waals surface area contributed by atoms with Crippen molar-refractivity contribution in [2.24, 2.45) is 0 Å². The van der Waals surface area contributed by atoms with Crippen LogP contribution in [0.1, 0.15) is 20.7 Å². The molecular weight excluding hydrogens is 200 g/mol. The van der Waals surface area contributed by atoms with Crippen molar-refractivity contribution in [3.8, 4) is 11.5 Å². The number of carbonyl (C=O) groups excluding carboxylic acids is 2. The molecule has 78 valence electrons. The molecule has 1 aromatic carbocycles. The van der Waals surface area contributed by atoms with Gasteiger partial charge in [-0.05, 0) is 6.07 Å². The van der Waals surface area contributed by atoms with Gasteiger partial charge in [0.05, 0.1) is 19.8 Å². The number of esters is 2. The lowest BCUT2D eigenvalue weighted by molar-refractivity contribution is 0.0443. The average Bonchev–Trinajstić information content (AvgIpc) is 2.53. The van der Waals surface area contributed by atoms with Gasteiger partial charge in [0.1, 0.15) is 17.1 Å². The van der Waals surface area contributed by atoms with E-state index in [4.69, 9.17) is 9.47 Å². The minimum absolute atomic E-state index is 0.156. The number of rotatable bonds is 2. The van der Waals surface area contributed by atoms with E-state index in [1.807, 2.05) is 0 Å². The summed E-state index contributed by atoms with van der Waals surface area (Å²) < 4.78 is 14.4. The summed E-state index contributed by atoms with van der Waals surface area (Å²) in [6.07, 6.45) is 0. The summed E-state index contributed by atoms with van der Waals surface area (Å²) in [5.74, 6) is -0.640. The normalized spacial score (nSPS) is 13.5. The summed E-state index contributed by atoms with van der Waals surface area (Å²) in [6, 6.07) is 2.98. The van der Waals surface area contributed by atoms with E-state index < -0.39 is 11.9 Å². The van der Waals surface area contributed by atoms with Gasteiger partial charge in [0.2, 0.25) is 0 Å². The number of hydrogen-bond acceptors (Lipinski definition) is 5. The van der Waals surface area contributed by atoms with Crippen molar-refractivity contribution in [2.75, 3.05) is 14.2 Å². The summed E-state index contributed by atoms with van der Waals surface area (Å²) in [4.78, 5) is 22.5. The summed E-state index contributed by atoms with van der Waals surface area (Å²) in [7, 11) is 2.87. The van der Waals surface area contributed by atoms with Crippen LogP contribution in [0.4, 0.5) is 0 Å². The molecule has 15 heavy (non-hydrogen) atoms. The highest BCUT2D eigenvalue weighted by Gasteiger charge is 2.33. The van der Waals surface area contributed by atoms with Gasteiger partial charge in [-0.25, -0.2) is 9.59 Å². The summed E-state index contributed by atoms with van der Waals surface area (Å²) >= 11 is 0. The highest BCUT2D eigenvalue weighted by molar-refractivity contribution is 6.16. The van der Waals surface area contributed by atoms with Gasteiger partial charge in [-0.3, -0.25) is 0 Å². The quantitative estimate of drug-likeness (QED) is 0.536. The van der Waals surface area contributed by atoms with Gasteiger partial charge < -0.3 is 14.2 Å². The molecule has 0 amide bonds. The predicted octanol–water partition coefficient (Wildman–Crippen LogP) is 1.01. The van der Waals surface area contributed by atoms with E-state index in [1.54, 1.807) is 0 Å². The third-order valence-corrected chi connectivity index (χ3v) is 2.14. The highest BCUT2D eigenvalue weighted by atomic mass is 16.6. The molecule has 0 aromatic heterocycles. The first-order chi connectivity index (χ1) is 7.17. The number of ether oxygens (including phenoxy) is 3. The first-order valence-electron chi connectivity index (χ1n) is 4.20. The van der Waals surface area contributed by atoms with Crippen LogP contribution >= 0.6 is 0 Å². The minimum Gasteiger partial charge on any atom is -0.497 e. The Morgan fingerprint density at radius 3 is 2.40 bits per heavy atom. The van der Waals surface area contributed by atoms with Crippen LogP contribution in [0.3, 0.4) is 0 Å². The molecule has 0 saturated heterocycles. The predicted molar refractivity (Wildman–Crippen MR) is 49.3 cm³/mol. The Morgan fingerprint density at radius 1 is 1.07 bits per heavy atom. The van der Waals surface area contributed by atoms with Crippen LogP contribution in [0.5, 0.6) is 11.5 Å². The molecule has 5 nitrogen and oxygen atoms in total. The number of carbonyl (C=O) groups is 2. The number of methoxy groups -OCH3 is 2. The molecule has 0 radical (unpaired) electrons. The highest BCUT2D eigenvalue weighted by Crippen LogP contribution is 2.33. The van der Waals surface area contributed by atoms with E-state index in [1.165, 1.54) is 26.4 Å². The topological polar surface area (TPSA) is 61.8 Å². The molecule has 0 saturated carbocycles. The Balaban J connectivity index is 2.67. The molecule has 1 aliphatic heterocycles. The van der Waals surface area contributed by atoms with Crippen LogP contribution < -0.4 is 9.47 Å². The summed E-state index contributed by atoms with van der Waals surface area (Å²) in [6.45, 7) is 0. The molecule has 0 spiro atoms. The van der Waals surface area contributed by atoms with Crippen molar-refractivity contribution >= 4 is 11.9 Å². The van der Waals surface area contributed by atoms with Crippen LogP contribution in [0.2, 0.25) is 0 Å². The Kier molecular flexibility index (Phi) is 2.07. The lowest BCUT2D eigenvalue weighted by Gasteiger charge is -2.06. The fraction of sp³-hybridized carbons (Fsp3) is 0.200. The second-order valence-corrected chi connectivity index (χ2v) is 2.93. The SMILES string of the molecule is COc1cc(OC)c2c(c1)C(=O)OC2=O. The number of benzene rings is 1. The van der Waals surface area contributed by atoms with Crippen molar-refractivity contribution in [2.45, 2.75) is 0 Å². The van der Waals surface area contributed by atoms with E-state index in [2.05, 4.69) is 4.74 Å². The Bertz CT molecular complexity index is 449. The Morgan fingerprint density at radius 2 is 1.80 bits per heavy atom. The van der Waals surface area contributed by atoms with Gasteiger partial charge in [-0.15, -0.1) is 0 Å². The number of fused-ring (bicyclic) bond motifs is 1. The maximum absolute atomic E-state index is 11.3. The Hall–Kier alpha value is -2.04. The van der Waals surface area contributed by atoms with Gasteiger partial charge in [0.25, 0.3) is 0 Å². The van der Waals surface area contributed by atoms with Crippen molar-refractivity contribution in [1.29, 1.82) is 0 Å². The molecule has 0 fully saturated rings. The van der Waals surface area contributed by atoms with Crippen LogP contribution in [-0.2, 0) is 4.74 Å². The molecule has 0 aliphatic carbocycles.